The quantitative estimate of drug-likeness (QED) is 0.899. The van der Waals surface area contributed by atoms with Gasteiger partial charge in [-0.2, -0.15) is 0 Å². The lowest BCUT2D eigenvalue weighted by Gasteiger charge is -2.10. The lowest BCUT2D eigenvalue weighted by molar-refractivity contribution is 0.0902. The van der Waals surface area contributed by atoms with Crippen LogP contribution in [-0.4, -0.2) is 19.3 Å². The summed E-state index contributed by atoms with van der Waals surface area (Å²) in [6.07, 6.45) is 3.57. The van der Waals surface area contributed by atoms with E-state index in [1.54, 1.807) is 0 Å². The predicted molar refractivity (Wildman–Crippen MR) is 73.2 cm³/mol. The molecule has 0 saturated carbocycles. The number of ether oxygens (including phenoxy) is 2. The van der Waals surface area contributed by atoms with Crippen LogP contribution in [0.2, 0.25) is 0 Å². The first-order valence-corrected chi connectivity index (χ1v) is 6.83. The molecule has 0 radical (unpaired) electrons. The minimum absolute atomic E-state index is 0.347. The Kier molecular flexibility index (Phi) is 3.71. The highest BCUT2D eigenvalue weighted by Crippen LogP contribution is 2.33. The van der Waals surface area contributed by atoms with Crippen molar-refractivity contribution in [3.8, 4) is 5.75 Å². The van der Waals surface area contributed by atoms with Gasteiger partial charge in [0.25, 0.3) is 0 Å². The Morgan fingerprint density at radius 1 is 1.32 bits per heavy atom. The summed E-state index contributed by atoms with van der Waals surface area (Å²) in [5.74, 6) is 1.50. The van der Waals surface area contributed by atoms with E-state index >= 15 is 0 Å². The average Bonchev–Trinajstić information content (AvgIpc) is 3.06. The van der Waals surface area contributed by atoms with Gasteiger partial charge >= 0.3 is 0 Å². The van der Waals surface area contributed by atoms with Crippen LogP contribution in [0.15, 0.2) is 28.7 Å². The van der Waals surface area contributed by atoms with E-state index in [-0.39, 0.29) is 0 Å². The van der Waals surface area contributed by atoms with Gasteiger partial charge in [0.15, 0.2) is 11.5 Å². The Bertz CT molecular complexity index is 543. The van der Waals surface area contributed by atoms with Crippen LogP contribution in [0.25, 0.3) is 11.0 Å². The molecular formula is C15H19NO3. The summed E-state index contributed by atoms with van der Waals surface area (Å²) in [4.78, 5) is 0. The van der Waals surface area contributed by atoms with Gasteiger partial charge in [0.05, 0.1) is 24.6 Å². The van der Waals surface area contributed by atoms with Crippen molar-refractivity contribution in [2.45, 2.75) is 31.9 Å². The van der Waals surface area contributed by atoms with Crippen LogP contribution in [0.4, 0.5) is 0 Å². The summed E-state index contributed by atoms with van der Waals surface area (Å²) in [6, 6.07) is 7.86. The number of fused-ring (bicyclic) bond motifs is 1. The monoisotopic (exact) mass is 261 g/mol. The molecule has 4 nitrogen and oxygen atoms in total. The largest absolute Gasteiger partial charge is 0.489 e. The zero-order chi connectivity index (χ0) is 13.1. The molecule has 3 rings (SSSR count). The van der Waals surface area contributed by atoms with Gasteiger partial charge < -0.3 is 19.6 Å². The molecule has 4 heteroatoms. The predicted octanol–water partition coefficient (Wildman–Crippen LogP) is 2.84. The van der Waals surface area contributed by atoms with Gasteiger partial charge in [0.2, 0.25) is 0 Å². The third-order valence-corrected chi connectivity index (χ3v) is 3.51. The molecule has 102 valence electrons. The van der Waals surface area contributed by atoms with E-state index in [0.717, 1.165) is 42.6 Å². The van der Waals surface area contributed by atoms with Crippen molar-refractivity contribution >= 4 is 11.0 Å². The van der Waals surface area contributed by atoms with Crippen molar-refractivity contribution in [3.05, 3.63) is 30.0 Å². The molecule has 19 heavy (non-hydrogen) atoms. The summed E-state index contributed by atoms with van der Waals surface area (Å²) in [7, 11) is 0. The topological polar surface area (TPSA) is 57.6 Å². The number of hydrogen-bond donors (Lipinski definition) is 1. The van der Waals surface area contributed by atoms with Gasteiger partial charge in [0, 0.05) is 13.0 Å². The lowest BCUT2D eigenvalue weighted by atomic mass is 10.2. The first-order valence-electron chi connectivity index (χ1n) is 6.83. The standard InChI is InChI=1S/C15H19NO3/c16-10-14-15(12-5-1-2-6-13(12)19-14)18-9-7-11-4-3-8-17-11/h1-2,5-6,11H,3-4,7-10,16H2. The number of hydrogen-bond acceptors (Lipinski definition) is 4. The SMILES string of the molecule is NCc1oc2ccccc2c1OCCC1CCCO1. The van der Waals surface area contributed by atoms with Crippen molar-refractivity contribution in [2.24, 2.45) is 5.73 Å². The molecule has 0 amide bonds. The Labute approximate surface area is 112 Å². The van der Waals surface area contributed by atoms with Crippen molar-refractivity contribution in [1.29, 1.82) is 0 Å². The number of rotatable bonds is 5. The van der Waals surface area contributed by atoms with Crippen LogP contribution >= 0.6 is 0 Å². The second-order valence-electron chi connectivity index (χ2n) is 4.83. The molecule has 1 aromatic carbocycles. The Morgan fingerprint density at radius 2 is 2.21 bits per heavy atom. The third kappa shape index (κ3) is 2.60. The smallest absolute Gasteiger partial charge is 0.169 e. The molecule has 1 aromatic heterocycles. The molecule has 2 N–H and O–H groups in total. The number of para-hydroxylation sites is 1. The second kappa shape index (κ2) is 5.63. The maximum absolute atomic E-state index is 5.89. The Morgan fingerprint density at radius 3 is 3.00 bits per heavy atom. The molecule has 0 bridgehead atoms. The molecule has 2 aromatic rings. The van der Waals surface area contributed by atoms with Crippen molar-refractivity contribution in [3.63, 3.8) is 0 Å². The van der Waals surface area contributed by atoms with Crippen LogP contribution in [0, 0.1) is 0 Å². The summed E-state index contributed by atoms with van der Waals surface area (Å²) in [5, 5.41) is 0.996. The van der Waals surface area contributed by atoms with Crippen molar-refractivity contribution in [1.82, 2.24) is 0 Å². The van der Waals surface area contributed by atoms with Gasteiger partial charge in [0.1, 0.15) is 5.58 Å². The minimum atomic E-state index is 0.347. The van der Waals surface area contributed by atoms with Gasteiger partial charge in [-0.3, -0.25) is 0 Å². The van der Waals surface area contributed by atoms with E-state index in [1.807, 2.05) is 24.3 Å². The highest BCUT2D eigenvalue weighted by Gasteiger charge is 2.17. The highest BCUT2D eigenvalue weighted by atomic mass is 16.5. The van der Waals surface area contributed by atoms with Crippen LogP contribution < -0.4 is 10.5 Å². The van der Waals surface area contributed by atoms with Gasteiger partial charge in [-0.15, -0.1) is 0 Å². The summed E-state index contributed by atoms with van der Waals surface area (Å²) in [6.45, 7) is 1.87. The van der Waals surface area contributed by atoms with Crippen molar-refractivity contribution in [2.75, 3.05) is 13.2 Å². The van der Waals surface area contributed by atoms with Crippen LogP contribution in [0.5, 0.6) is 5.75 Å². The number of nitrogens with two attached hydrogens (primary N) is 1. The molecule has 1 fully saturated rings. The lowest BCUT2D eigenvalue weighted by Crippen LogP contribution is -2.11. The maximum atomic E-state index is 5.89. The van der Waals surface area contributed by atoms with Crippen LogP contribution in [-0.2, 0) is 11.3 Å². The molecule has 0 spiro atoms. The molecule has 1 aliphatic heterocycles. The normalized spacial score (nSPS) is 19.1. The fraction of sp³-hybridized carbons (Fsp3) is 0.467. The van der Waals surface area contributed by atoms with E-state index in [4.69, 9.17) is 19.6 Å². The van der Waals surface area contributed by atoms with E-state index in [2.05, 4.69) is 0 Å². The molecule has 1 saturated heterocycles. The fourth-order valence-electron chi connectivity index (χ4n) is 2.53. The maximum Gasteiger partial charge on any atom is 0.169 e. The molecule has 1 aliphatic rings. The number of benzene rings is 1. The summed E-state index contributed by atoms with van der Waals surface area (Å²) in [5.41, 5.74) is 6.54. The molecule has 1 unspecified atom stereocenters. The van der Waals surface area contributed by atoms with Gasteiger partial charge in [-0.1, -0.05) is 12.1 Å². The van der Waals surface area contributed by atoms with Crippen LogP contribution in [0.3, 0.4) is 0 Å². The fourth-order valence-corrected chi connectivity index (χ4v) is 2.53. The first kappa shape index (κ1) is 12.5. The van der Waals surface area contributed by atoms with E-state index in [0.29, 0.717) is 25.0 Å². The highest BCUT2D eigenvalue weighted by molar-refractivity contribution is 5.85. The number of furan rings is 1. The minimum Gasteiger partial charge on any atom is -0.489 e. The molecule has 0 aliphatic carbocycles. The van der Waals surface area contributed by atoms with Gasteiger partial charge in [-0.25, -0.2) is 0 Å². The third-order valence-electron chi connectivity index (χ3n) is 3.51. The zero-order valence-electron chi connectivity index (χ0n) is 10.9. The van der Waals surface area contributed by atoms with Gasteiger partial charge in [-0.05, 0) is 25.0 Å². The zero-order valence-corrected chi connectivity index (χ0v) is 10.9. The van der Waals surface area contributed by atoms with E-state index in [1.165, 1.54) is 0 Å². The van der Waals surface area contributed by atoms with Crippen molar-refractivity contribution < 1.29 is 13.9 Å². The molecule has 2 heterocycles. The van der Waals surface area contributed by atoms with Crippen LogP contribution in [0.1, 0.15) is 25.0 Å². The second-order valence-corrected chi connectivity index (χ2v) is 4.83. The Balaban J connectivity index is 1.71. The summed E-state index contributed by atoms with van der Waals surface area (Å²) < 4.78 is 17.2. The molecular weight excluding hydrogens is 242 g/mol. The Hall–Kier alpha value is -1.52. The average molecular weight is 261 g/mol. The molecule has 1 atom stereocenters. The summed E-state index contributed by atoms with van der Waals surface area (Å²) >= 11 is 0. The van der Waals surface area contributed by atoms with E-state index in [9.17, 15) is 0 Å². The first-order chi connectivity index (χ1) is 9.38. The van der Waals surface area contributed by atoms with E-state index < -0.39 is 0 Å².